The fraction of sp³-hybridized carbons (Fsp3) is 0.381. The van der Waals surface area contributed by atoms with Gasteiger partial charge in [0.15, 0.2) is 0 Å². The second-order valence-electron chi connectivity index (χ2n) is 7.75. The van der Waals surface area contributed by atoms with E-state index in [1.807, 2.05) is 42.5 Å². The van der Waals surface area contributed by atoms with Crippen LogP contribution in [0.3, 0.4) is 0 Å². The zero-order chi connectivity index (χ0) is 19.3. The van der Waals surface area contributed by atoms with E-state index in [0.29, 0.717) is 19.5 Å². The molecule has 0 saturated carbocycles. The highest BCUT2D eigenvalue weighted by Gasteiger charge is 2.51. The Labute approximate surface area is 162 Å². The summed E-state index contributed by atoms with van der Waals surface area (Å²) in [5.74, 6) is 0.0572. The lowest BCUT2D eigenvalue weighted by Crippen LogP contribution is -2.60. The van der Waals surface area contributed by atoms with E-state index in [-0.39, 0.29) is 29.9 Å². The third kappa shape index (κ3) is 2.69. The van der Waals surface area contributed by atoms with Gasteiger partial charge in [-0.25, -0.2) is 4.79 Å². The minimum Gasteiger partial charge on any atom is -0.333 e. The molecule has 0 aromatic heterocycles. The van der Waals surface area contributed by atoms with Crippen LogP contribution >= 0.6 is 0 Å². The Hall–Kier alpha value is -3.09. The first kappa shape index (κ1) is 17.0. The van der Waals surface area contributed by atoms with Gasteiger partial charge in [0.2, 0.25) is 11.8 Å². The van der Waals surface area contributed by atoms with Crippen LogP contribution in [0.4, 0.5) is 10.5 Å². The molecule has 3 fully saturated rings. The number of rotatable bonds is 2. The highest BCUT2D eigenvalue weighted by Crippen LogP contribution is 2.32. The van der Waals surface area contributed by atoms with Crippen molar-refractivity contribution in [2.45, 2.75) is 37.4 Å². The molecule has 0 radical (unpaired) electrons. The zero-order valence-corrected chi connectivity index (χ0v) is 15.4. The predicted octanol–water partition coefficient (Wildman–Crippen LogP) is 1.94. The third-order valence-electron chi connectivity index (χ3n) is 6.06. The van der Waals surface area contributed by atoms with Gasteiger partial charge in [-0.1, -0.05) is 36.4 Å². The lowest BCUT2D eigenvalue weighted by atomic mass is 10.1. The van der Waals surface area contributed by atoms with Crippen LogP contribution in [0.2, 0.25) is 0 Å². The number of urea groups is 1. The fourth-order valence-corrected chi connectivity index (χ4v) is 4.77. The number of amides is 4. The molecule has 2 aromatic carbocycles. The normalized spacial score (nSPS) is 26.4. The van der Waals surface area contributed by atoms with Crippen LogP contribution < -0.4 is 10.6 Å². The van der Waals surface area contributed by atoms with Gasteiger partial charge < -0.3 is 20.4 Å². The quantitative estimate of drug-likeness (QED) is 0.838. The lowest BCUT2D eigenvalue weighted by molar-refractivity contribution is -0.156. The molecule has 0 aliphatic carbocycles. The first-order valence-electron chi connectivity index (χ1n) is 9.78. The number of nitrogens with zero attached hydrogens (tertiary/aromatic N) is 2. The molecule has 4 amide bonds. The lowest BCUT2D eigenvalue weighted by Gasteiger charge is -2.38. The molecule has 0 bridgehead atoms. The Kier molecular flexibility index (Phi) is 3.96. The van der Waals surface area contributed by atoms with Crippen LogP contribution in [0.25, 0.3) is 10.8 Å². The Morgan fingerprint density at radius 2 is 1.75 bits per heavy atom. The van der Waals surface area contributed by atoms with Crippen molar-refractivity contribution in [3.05, 3.63) is 42.5 Å². The van der Waals surface area contributed by atoms with E-state index >= 15 is 0 Å². The van der Waals surface area contributed by atoms with Gasteiger partial charge >= 0.3 is 6.03 Å². The maximum absolute atomic E-state index is 12.7. The molecule has 2 N–H and O–H groups in total. The smallest absolute Gasteiger partial charge is 0.319 e. The molecule has 2 aromatic rings. The number of benzene rings is 2. The molecule has 7 nitrogen and oxygen atoms in total. The number of hydrogen-bond donors (Lipinski definition) is 2. The minimum atomic E-state index is -0.440. The maximum atomic E-state index is 12.7. The van der Waals surface area contributed by atoms with Crippen molar-refractivity contribution in [3.63, 3.8) is 0 Å². The Bertz CT molecular complexity index is 940. The largest absolute Gasteiger partial charge is 0.333 e. The predicted molar refractivity (Wildman–Crippen MR) is 105 cm³/mol. The van der Waals surface area contributed by atoms with Gasteiger partial charge in [0.25, 0.3) is 0 Å². The van der Waals surface area contributed by atoms with E-state index < -0.39 is 6.04 Å². The van der Waals surface area contributed by atoms with Gasteiger partial charge in [-0.15, -0.1) is 0 Å². The summed E-state index contributed by atoms with van der Waals surface area (Å²) in [6.07, 6.45) is 2.10. The van der Waals surface area contributed by atoms with Crippen molar-refractivity contribution in [3.8, 4) is 0 Å². The number of carbonyl (C=O) groups is 3. The highest BCUT2D eigenvalue weighted by molar-refractivity contribution is 6.02. The summed E-state index contributed by atoms with van der Waals surface area (Å²) in [7, 11) is 0. The molecular weight excluding hydrogens is 356 g/mol. The second kappa shape index (κ2) is 6.51. The van der Waals surface area contributed by atoms with Gasteiger partial charge in [-0.05, 0) is 30.7 Å². The monoisotopic (exact) mass is 378 g/mol. The maximum Gasteiger partial charge on any atom is 0.319 e. The van der Waals surface area contributed by atoms with Crippen molar-refractivity contribution in [2.75, 3.05) is 18.4 Å². The van der Waals surface area contributed by atoms with Crippen LogP contribution in [-0.2, 0) is 9.59 Å². The average molecular weight is 378 g/mol. The van der Waals surface area contributed by atoms with E-state index in [1.165, 1.54) is 0 Å². The molecule has 144 valence electrons. The molecule has 7 heteroatoms. The first-order valence-corrected chi connectivity index (χ1v) is 9.78. The number of anilines is 1. The van der Waals surface area contributed by atoms with Crippen LogP contribution in [0, 0.1) is 0 Å². The van der Waals surface area contributed by atoms with Crippen LogP contribution in [0.5, 0.6) is 0 Å². The van der Waals surface area contributed by atoms with Gasteiger partial charge in [-0.3, -0.25) is 9.59 Å². The first-order chi connectivity index (χ1) is 13.6. The third-order valence-corrected chi connectivity index (χ3v) is 6.06. The Morgan fingerprint density at radius 1 is 0.964 bits per heavy atom. The van der Waals surface area contributed by atoms with Crippen molar-refractivity contribution < 1.29 is 14.4 Å². The van der Waals surface area contributed by atoms with E-state index in [2.05, 4.69) is 10.6 Å². The van der Waals surface area contributed by atoms with Gasteiger partial charge in [0, 0.05) is 18.5 Å². The molecule has 3 aliphatic heterocycles. The topological polar surface area (TPSA) is 81.8 Å². The van der Waals surface area contributed by atoms with Crippen LogP contribution in [0.1, 0.15) is 19.3 Å². The SMILES string of the molecule is O=C(Nc1cccc2ccccc12)N[C@H]1C[C@H]2C(=O)N3CCC[C@H]3C(=O)N2C1. The second-order valence-corrected chi connectivity index (χ2v) is 7.75. The summed E-state index contributed by atoms with van der Waals surface area (Å²) >= 11 is 0. The zero-order valence-electron chi connectivity index (χ0n) is 15.4. The molecule has 0 spiro atoms. The van der Waals surface area contributed by atoms with Crippen molar-refractivity contribution >= 4 is 34.3 Å². The molecule has 28 heavy (non-hydrogen) atoms. The van der Waals surface area contributed by atoms with Gasteiger partial charge in [-0.2, -0.15) is 0 Å². The number of carbonyl (C=O) groups excluding carboxylic acids is 3. The molecular formula is C21H22N4O3. The van der Waals surface area contributed by atoms with E-state index in [4.69, 9.17) is 0 Å². The minimum absolute atomic E-state index is 0.0286. The van der Waals surface area contributed by atoms with Crippen molar-refractivity contribution in [2.24, 2.45) is 0 Å². The summed E-state index contributed by atoms with van der Waals surface area (Å²) in [5, 5.41) is 7.87. The average Bonchev–Trinajstić information content (AvgIpc) is 3.34. The summed E-state index contributed by atoms with van der Waals surface area (Å²) in [6.45, 7) is 1.06. The number of fused-ring (bicyclic) bond motifs is 3. The fourth-order valence-electron chi connectivity index (χ4n) is 4.77. The van der Waals surface area contributed by atoms with E-state index in [9.17, 15) is 14.4 Å². The molecule has 3 heterocycles. The van der Waals surface area contributed by atoms with Gasteiger partial charge in [0.05, 0.1) is 11.7 Å². The van der Waals surface area contributed by atoms with E-state index in [0.717, 1.165) is 29.3 Å². The summed E-state index contributed by atoms with van der Waals surface area (Å²) < 4.78 is 0. The van der Waals surface area contributed by atoms with Crippen molar-refractivity contribution in [1.82, 2.24) is 15.1 Å². The highest BCUT2D eigenvalue weighted by atomic mass is 16.2. The number of hydrogen-bond acceptors (Lipinski definition) is 3. The van der Waals surface area contributed by atoms with Gasteiger partial charge in [0.1, 0.15) is 12.1 Å². The van der Waals surface area contributed by atoms with Crippen LogP contribution in [0.15, 0.2) is 42.5 Å². The summed E-state index contributed by atoms with van der Waals surface area (Å²) in [4.78, 5) is 41.4. The van der Waals surface area contributed by atoms with Crippen molar-refractivity contribution in [1.29, 1.82) is 0 Å². The van der Waals surface area contributed by atoms with Crippen LogP contribution in [-0.4, -0.2) is 58.9 Å². The molecule has 3 saturated heterocycles. The summed E-state index contributed by atoms with van der Waals surface area (Å²) in [6, 6.07) is 12.3. The summed E-state index contributed by atoms with van der Waals surface area (Å²) in [5.41, 5.74) is 0.735. The standard InChI is InChI=1S/C21H22N4O3/c26-19-17-9-4-10-24(17)20(27)18-11-14(12-25(18)19)22-21(28)23-16-8-3-6-13-5-1-2-7-15(13)16/h1-3,5-8,14,17-18H,4,9-12H2,(H2,22,23,28)/t14-,17-,18-/m0/s1. The number of piperazine rings is 1. The molecule has 0 unspecified atom stereocenters. The Morgan fingerprint density at radius 3 is 2.64 bits per heavy atom. The molecule has 5 rings (SSSR count). The molecule has 3 aliphatic rings. The van der Waals surface area contributed by atoms with E-state index in [1.54, 1.807) is 9.80 Å². The number of nitrogens with one attached hydrogen (secondary N) is 2. The Balaban J connectivity index is 1.28. The molecule has 3 atom stereocenters.